The maximum atomic E-state index is 9.40. The normalized spacial score (nSPS) is 11.8. The van der Waals surface area contributed by atoms with Gasteiger partial charge in [0.2, 0.25) is 0 Å². The molecule has 0 aliphatic rings. The van der Waals surface area contributed by atoms with Crippen LogP contribution in [0.1, 0.15) is 11.6 Å². The van der Waals surface area contributed by atoms with Gasteiger partial charge in [-0.25, -0.2) is 0 Å². The second kappa shape index (κ2) is 7.04. The quantitative estimate of drug-likeness (QED) is 0.858. The SMILES string of the molecule is COc1ccc(C(CN)N(C)c2ccc(O)cc2)cc1OC. The van der Waals surface area contributed by atoms with Gasteiger partial charge in [0.15, 0.2) is 11.5 Å². The summed E-state index contributed by atoms with van der Waals surface area (Å²) in [7, 11) is 5.20. The van der Waals surface area contributed by atoms with Crippen LogP contribution in [-0.2, 0) is 0 Å². The summed E-state index contributed by atoms with van der Waals surface area (Å²) >= 11 is 0. The number of ether oxygens (including phenoxy) is 2. The highest BCUT2D eigenvalue weighted by Gasteiger charge is 2.18. The van der Waals surface area contributed by atoms with Crippen molar-refractivity contribution in [2.75, 3.05) is 32.7 Å². The molecule has 0 aliphatic carbocycles. The summed E-state index contributed by atoms with van der Waals surface area (Å²) in [6.45, 7) is 0.451. The molecule has 22 heavy (non-hydrogen) atoms. The van der Waals surface area contributed by atoms with Crippen LogP contribution in [0.25, 0.3) is 0 Å². The summed E-state index contributed by atoms with van der Waals surface area (Å²) < 4.78 is 10.6. The molecular formula is C17H22N2O3. The van der Waals surface area contributed by atoms with Gasteiger partial charge in [0.25, 0.3) is 0 Å². The van der Waals surface area contributed by atoms with Crippen LogP contribution in [0, 0.1) is 0 Å². The molecule has 0 radical (unpaired) electrons. The molecule has 1 atom stereocenters. The van der Waals surface area contributed by atoms with E-state index in [0.29, 0.717) is 18.0 Å². The molecule has 0 aliphatic heterocycles. The number of likely N-dealkylation sites (N-methyl/N-ethyl adjacent to an activating group) is 1. The zero-order chi connectivity index (χ0) is 16.1. The number of nitrogens with two attached hydrogens (primary N) is 1. The van der Waals surface area contributed by atoms with Gasteiger partial charge < -0.3 is 25.2 Å². The summed E-state index contributed by atoms with van der Waals surface area (Å²) in [5.41, 5.74) is 7.98. The highest BCUT2D eigenvalue weighted by atomic mass is 16.5. The van der Waals surface area contributed by atoms with E-state index >= 15 is 0 Å². The summed E-state index contributed by atoms with van der Waals surface area (Å²) in [5, 5.41) is 9.40. The van der Waals surface area contributed by atoms with Gasteiger partial charge in [0, 0.05) is 19.3 Å². The van der Waals surface area contributed by atoms with Crippen molar-refractivity contribution in [3.63, 3.8) is 0 Å². The fraction of sp³-hybridized carbons (Fsp3) is 0.294. The van der Waals surface area contributed by atoms with Crippen LogP contribution in [0.15, 0.2) is 42.5 Å². The first-order valence-corrected chi connectivity index (χ1v) is 7.04. The van der Waals surface area contributed by atoms with Crippen LogP contribution >= 0.6 is 0 Å². The average Bonchev–Trinajstić information content (AvgIpc) is 2.55. The third-order valence-electron chi connectivity index (χ3n) is 3.74. The molecule has 2 aromatic carbocycles. The lowest BCUT2D eigenvalue weighted by molar-refractivity contribution is 0.354. The molecule has 0 bridgehead atoms. The molecule has 0 fully saturated rings. The van der Waals surface area contributed by atoms with Crippen molar-refractivity contribution in [2.45, 2.75) is 6.04 Å². The minimum atomic E-state index is -0.00986. The molecule has 0 saturated heterocycles. The van der Waals surface area contributed by atoms with Crippen molar-refractivity contribution in [3.8, 4) is 17.2 Å². The van der Waals surface area contributed by atoms with E-state index in [2.05, 4.69) is 4.90 Å². The van der Waals surface area contributed by atoms with Crippen molar-refractivity contribution in [2.24, 2.45) is 5.73 Å². The number of benzene rings is 2. The van der Waals surface area contributed by atoms with Crippen molar-refractivity contribution in [3.05, 3.63) is 48.0 Å². The number of aromatic hydroxyl groups is 1. The zero-order valence-electron chi connectivity index (χ0n) is 13.1. The number of methoxy groups -OCH3 is 2. The number of anilines is 1. The topological polar surface area (TPSA) is 68.0 Å². The number of phenols is 1. The molecule has 3 N–H and O–H groups in total. The van der Waals surface area contributed by atoms with E-state index in [4.69, 9.17) is 15.2 Å². The van der Waals surface area contributed by atoms with Crippen molar-refractivity contribution in [1.29, 1.82) is 0 Å². The largest absolute Gasteiger partial charge is 0.508 e. The van der Waals surface area contributed by atoms with E-state index < -0.39 is 0 Å². The highest BCUT2D eigenvalue weighted by molar-refractivity contribution is 5.52. The molecule has 0 amide bonds. The third kappa shape index (κ3) is 3.26. The van der Waals surface area contributed by atoms with E-state index in [0.717, 1.165) is 11.3 Å². The molecule has 2 aromatic rings. The predicted molar refractivity (Wildman–Crippen MR) is 87.9 cm³/mol. The Hall–Kier alpha value is -2.40. The lowest BCUT2D eigenvalue weighted by atomic mass is 10.0. The van der Waals surface area contributed by atoms with Gasteiger partial charge in [-0.3, -0.25) is 0 Å². The Kier molecular flexibility index (Phi) is 5.12. The second-order valence-electron chi connectivity index (χ2n) is 4.99. The predicted octanol–water partition coefficient (Wildman–Crippen LogP) is 2.55. The van der Waals surface area contributed by atoms with Crippen LogP contribution in [0.5, 0.6) is 17.2 Å². The molecule has 0 saturated carbocycles. The Morgan fingerprint density at radius 2 is 1.68 bits per heavy atom. The second-order valence-corrected chi connectivity index (χ2v) is 4.99. The monoisotopic (exact) mass is 302 g/mol. The molecule has 118 valence electrons. The fourth-order valence-electron chi connectivity index (χ4n) is 2.45. The van der Waals surface area contributed by atoms with E-state index in [1.807, 2.05) is 37.4 Å². The third-order valence-corrected chi connectivity index (χ3v) is 3.74. The Balaban J connectivity index is 2.32. The van der Waals surface area contributed by atoms with Gasteiger partial charge in [-0.05, 0) is 42.0 Å². The lowest BCUT2D eigenvalue weighted by Crippen LogP contribution is -2.30. The summed E-state index contributed by atoms with van der Waals surface area (Å²) in [5.74, 6) is 1.61. The summed E-state index contributed by atoms with van der Waals surface area (Å²) in [6.07, 6.45) is 0. The standard InChI is InChI=1S/C17H22N2O3/c1-19(13-5-7-14(20)8-6-13)15(11-18)12-4-9-16(21-2)17(10-12)22-3/h4-10,15,20H,11,18H2,1-3H3. The lowest BCUT2D eigenvalue weighted by Gasteiger charge is -2.30. The van der Waals surface area contributed by atoms with Crippen LogP contribution in [0.4, 0.5) is 5.69 Å². The Morgan fingerprint density at radius 3 is 2.23 bits per heavy atom. The Morgan fingerprint density at radius 1 is 1.05 bits per heavy atom. The van der Waals surface area contributed by atoms with Gasteiger partial charge in [-0.15, -0.1) is 0 Å². The average molecular weight is 302 g/mol. The minimum Gasteiger partial charge on any atom is -0.508 e. The fourth-order valence-corrected chi connectivity index (χ4v) is 2.45. The Labute approximate surface area is 130 Å². The van der Waals surface area contributed by atoms with Crippen LogP contribution < -0.4 is 20.1 Å². The van der Waals surface area contributed by atoms with Crippen LogP contribution in [0.2, 0.25) is 0 Å². The van der Waals surface area contributed by atoms with E-state index in [1.54, 1.807) is 26.4 Å². The molecular weight excluding hydrogens is 280 g/mol. The first-order chi connectivity index (χ1) is 10.6. The molecule has 2 rings (SSSR count). The van der Waals surface area contributed by atoms with Gasteiger partial charge in [-0.2, -0.15) is 0 Å². The maximum absolute atomic E-state index is 9.40. The van der Waals surface area contributed by atoms with Gasteiger partial charge in [0.05, 0.1) is 20.3 Å². The van der Waals surface area contributed by atoms with Gasteiger partial charge >= 0.3 is 0 Å². The molecule has 5 heteroatoms. The smallest absolute Gasteiger partial charge is 0.161 e. The number of phenolic OH excluding ortho intramolecular Hbond substituents is 1. The Bertz CT molecular complexity index is 614. The van der Waals surface area contributed by atoms with Crippen molar-refractivity contribution >= 4 is 5.69 Å². The molecule has 0 heterocycles. The van der Waals surface area contributed by atoms with E-state index in [9.17, 15) is 5.11 Å². The summed E-state index contributed by atoms with van der Waals surface area (Å²) in [4.78, 5) is 2.07. The number of hydrogen-bond donors (Lipinski definition) is 2. The maximum Gasteiger partial charge on any atom is 0.161 e. The number of rotatable bonds is 6. The molecule has 5 nitrogen and oxygen atoms in total. The summed E-state index contributed by atoms with van der Waals surface area (Å²) in [6, 6.07) is 12.8. The minimum absolute atomic E-state index is 0.00986. The first kappa shape index (κ1) is 16.0. The molecule has 1 unspecified atom stereocenters. The van der Waals surface area contributed by atoms with E-state index in [1.165, 1.54) is 0 Å². The number of hydrogen-bond acceptors (Lipinski definition) is 5. The zero-order valence-corrected chi connectivity index (χ0v) is 13.1. The molecule has 0 aromatic heterocycles. The van der Waals surface area contributed by atoms with Crippen molar-refractivity contribution in [1.82, 2.24) is 0 Å². The van der Waals surface area contributed by atoms with Crippen molar-refractivity contribution < 1.29 is 14.6 Å². The molecule has 0 spiro atoms. The van der Waals surface area contributed by atoms with Crippen LogP contribution in [-0.4, -0.2) is 32.9 Å². The first-order valence-electron chi connectivity index (χ1n) is 7.04. The van der Waals surface area contributed by atoms with Crippen LogP contribution in [0.3, 0.4) is 0 Å². The van der Waals surface area contributed by atoms with Gasteiger partial charge in [0.1, 0.15) is 5.75 Å². The number of nitrogens with zero attached hydrogens (tertiary/aromatic N) is 1. The van der Waals surface area contributed by atoms with Gasteiger partial charge in [-0.1, -0.05) is 6.07 Å². The highest BCUT2D eigenvalue weighted by Crippen LogP contribution is 2.33. The van der Waals surface area contributed by atoms with E-state index in [-0.39, 0.29) is 11.8 Å².